The van der Waals surface area contributed by atoms with Gasteiger partial charge in [0.15, 0.2) is 0 Å². The van der Waals surface area contributed by atoms with E-state index in [1.54, 1.807) is 43.3 Å². The highest BCUT2D eigenvalue weighted by Crippen LogP contribution is 2.34. The van der Waals surface area contributed by atoms with Crippen molar-refractivity contribution >= 4 is 40.6 Å². The minimum Gasteiger partial charge on any atom is -0.488 e. The van der Waals surface area contributed by atoms with Crippen LogP contribution in [-0.4, -0.2) is 39.6 Å². The number of non-ortho nitro benzene ring substituents is 1. The summed E-state index contributed by atoms with van der Waals surface area (Å²) in [5, 5.41) is 10.2. The fourth-order valence-corrected chi connectivity index (χ4v) is 3.69. The van der Waals surface area contributed by atoms with E-state index in [1.807, 2.05) is 6.92 Å². The number of thioether (sulfide) groups is 1. The van der Waals surface area contributed by atoms with Crippen LogP contribution in [0.4, 0.5) is 10.5 Å². The molecule has 0 unspecified atom stereocenters. The Morgan fingerprint density at radius 1 is 1.18 bits per heavy atom. The summed E-state index contributed by atoms with van der Waals surface area (Å²) in [4.78, 5) is 48.3. The molecule has 1 saturated heterocycles. The molecule has 1 heterocycles. The lowest BCUT2D eigenvalue weighted by molar-refractivity contribution is -0.384. The number of amides is 2. The van der Waals surface area contributed by atoms with Crippen LogP contribution in [0.1, 0.15) is 31.4 Å². The zero-order chi connectivity index (χ0) is 24.0. The highest BCUT2D eigenvalue weighted by atomic mass is 32.2. The van der Waals surface area contributed by atoms with Gasteiger partial charge in [-0.25, -0.2) is 0 Å². The standard InChI is InChI=1S/C23H22N2O7S/c1-3-15(2)32-21(26)13-24-22(27)20(33-23(24)28)12-17-6-4-5-7-19(17)31-14-16-8-10-18(11-9-16)25(29)30/h4-12,15H,3,13-14H2,1-2H3/b20-12-/t15-/m0/s1. The molecule has 0 radical (unpaired) electrons. The van der Waals surface area contributed by atoms with Crippen molar-refractivity contribution in [2.75, 3.05) is 6.54 Å². The number of nitro groups is 1. The van der Waals surface area contributed by atoms with E-state index < -0.39 is 28.6 Å². The number of carbonyl (C=O) groups excluding carboxylic acids is 3. The van der Waals surface area contributed by atoms with Crippen LogP contribution >= 0.6 is 11.8 Å². The first kappa shape index (κ1) is 24.0. The molecule has 0 saturated carbocycles. The summed E-state index contributed by atoms with van der Waals surface area (Å²) in [6.45, 7) is 3.32. The number of ether oxygens (including phenoxy) is 2. The Morgan fingerprint density at radius 3 is 2.55 bits per heavy atom. The van der Waals surface area contributed by atoms with E-state index in [0.717, 1.165) is 22.2 Å². The van der Waals surface area contributed by atoms with Crippen molar-refractivity contribution in [3.05, 3.63) is 74.7 Å². The second-order valence-corrected chi connectivity index (χ2v) is 8.22. The Kier molecular flexibility index (Phi) is 7.83. The fraction of sp³-hybridized carbons (Fsp3) is 0.261. The van der Waals surface area contributed by atoms with Gasteiger partial charge in [-0.05, 0) is 54.9 Å². The third kappa shape index (κ3) is 6.19. The summed E-state index contributed by atoms with van der Waals surface area (Å²) in [5.74, 6) is -0.741. The molecule has 172 valence electrons. The largest absolute Gasteiger partial charge is 0.488 e. The van der Waals surface area contributed by atoms with E-state index in [2.05, 4.69) is 0 Å². The average Bonchev–Trinajstić information content (AvgIpc) is 3.05. The third-order valence-electron chi connectivity index (χ3n) is 4.82. The summed E-state index contributed by atoms with van der Waals surface area (Å²) in [6, 6.07) is 13.0. The highest BCUT2D eigenvalue weighted by Gasteiger charge is 2.37. The van der Waals surface area contributed by atoms with Crippen molar-refractivity contribution in [3.8, 4) is 5.75 Å². The number of rotatable bonds is 9. The van der Waals surface area contributed by atoms with Crippen molar-refractivity contribution in [2.24, 2.45) is 0 Å². The summed E-state index contributed by atoms with van der Waals surface area (Å²) >= 11 is 0.742. The molecule has 2 aromatic carbocycles. The molecule has 2 amide bonds. The van der Waals surface area contributed by atoms with Gasteiger partial charge in [0.25, 0.3) is 16.8 Å². The molecule has 9 nitrogen and oxygen atoms in total. The van der Waals surface area contributed by atoms with Gasteiger partial charge >= 0.3 is 5.97 Å². The van der Waals surface area contributed by atoms with Crippen LogP contribution in [0, 0.1) is 10.1 Å². The molecular formula is C23H22N2O7S. The van der Waals surface area contributed by atoms with Crippen LogP contribution < -0.4 is 4.74 Å². The Hall–Kier alpha value is -3.66. The number of imide groups is 1. The normalized spacial score (nSPS) is 15.6. The average molecular weight is 471 g/mol. The zero-order valence-corrected chi connectivity index (χ0v) is 18.9. The number of nitrogens with zero attached hydrogens (tertiary/aromatic N) is 2. The van der Waals surface area contributed by atoms with Gasteiger partial charge in [0.2, 0.25) is 0 Å². The second kappa shape index (κ2) is 10.8. The maximum atomic E-state index is 12.7. The van der Waals surface area contributed by atoms with Gasteiger partial charge in [-0.3, -0.25) is 29.4 Å². The van der Waals surface area contributed by atoms with Crippen LogP contribution in [0.5, 0.6) is 5.75 Å². The fourth-order valence-electron chi connectivity index (χ4n) is 2.86. The van der Waals surface area contributed by atoms with Crippen molar-refractivity contribution in [2.45, 2.75) is 33.0 Å². The monoisotopic (exact) mass is 470 g/mol. The van der Waals surface area contributed by atoms with Gasteiger partial charge in [-0.1, -0.05) is 25.1 Å². The Labute approximate surface area is 194 Å². The van der Waals surface area contributed by atoms with Crippen molar-refractivity contribution < 1.29 is 28.8 Å². The molecule has 0 aromatic heterocycles. The number of hydrogen-bond donors (Lipinski definition) is 0. The van der Waals surface area contributed by atoms with Gasteiger partial charge in [-0.2, -0.15) is 0 Å². The number of hydrogen-bond acceptors (Lipinski definition) is 8. The molecule has 1 aliphatic heterocycles. The molecule has 0 spiro atoms. The molecule has 33 heavy (non-hydrogen) atoms. The Morgan fingerprint density at radius 2 is 1.88 bits per heavy atom. The molecular weight excluding hydrogens is 448 g/mol. The summed E-state index contributed by atoms with van der Waals surface area (Å²) in [7, 11) is 0. The second-order valence-electron chi connectivity index (χ2n) is 7.23. The molecule has 10 heteroatoms. The predicted octanol–water partition coefficient (Wildman–Crippen LogP) is 4.55. The number of carbonyl (C=O) groups is 3. The lowest BCUT2D eigenvalue weighted by Crippen LogP contribution is -2.35. The quantitative estimate of drug-likeness (QED) is 0.227. The number of benzene rings is 2. The Bertz CT molecular complexity index is 1100. The van der Waals surface area contributed by atoms with E-state index in [0.29, 0.717) is 17.7 Å². The SMILES string of the molecule is CC[C@H](C)OC(=O)CN1C(=O)S/C(=C\c2ccccc2OCc2ccc([N+](=O)[O-])cc2)C1=O. The molecule has 2 aromatic rings. The predicted molar refractivity (Wildman–Crippen MR) is 122 cm³/mol. The first-order chi connectivity index (χ1) is 15.8. The van der Waals surface area contributed by atoms with Crippen LogP contribution in [0.2, 0.25) is 0 Å². The van der Waals surface area contributed by atoms with E-state index in [1.165, 1.54) is 18.2 Å². The van der Waals surface area contributed by atoms with Gasteiger partial charge in [-0.15, -0.1) is 0 Å². The van der Waals surface area contributed by atoms with Crippen LogP contribution in [0.25, 0.3) is 6.08 Å². The summed E-state index contributed by atoms with van der Waals surface area (Å²) in [6.07, 6.45) is 1.87. The van der Waals surface area contributed by atoms with Gasteiger partial charge in [0.05, 0.1) is 15.9 Å². The summed E-state index contributed by atoms with van der Waals surface area (Å²) < 4.78 is 11.0. The van der Waals surface area contributed by atoms with Crippen molar-refractivity contribution in [1.29, 1.82) is 0 Å². The van der Waals surface area contributed by atoms with E-state index >= 15 is 0 Å². The van der Waals surface area contributed by atoms with Crippen LogP contribution in [0.15, 0.2) is 53.4 Å². The molecule has 3 rings (SSSR count). The molecule has 1 fully saturated rings. The smallest absolute Gasteiger partial charge is 0.326 e. The Balaban J connectivity index is 1.70. The minimum atomic E-state index is -0.639. The van der Waals surface area contributed by atoms with Gasteiger partial charge in [0, 0.05) is 17.7 Å². The lowest BCUT2D eigenvalue weighted by Gasteiger charge is -2.15. The van der Waals surface area contributed by atoms with Crippen LogP contribution in [-0.2, 0) is 20.9 Å². The molecule has 1 atom stereocenters. The third-order valence-corrected chi connectivity index (χ3v) is 5.72. The van der Waals surface area contributed by atoms with E-state index in [-0.39, 0.29) is 23.3 Å². The van der Waals surface area contributed by atoms with Crippen molar-refractivity contribution in [1.82, 2.24) is 4.90 Å². The molecule has 0 aliphatic carbocycles. The maximum Gasteiger partial charge on any atom is 0.326 e. The van der Waals surface area contributed by atoms with Gasteiger partial charge in [0.1, 0.15) is 18.9 Å². The van der Waals surface area contributed by atoms with Gasteiger partial charge < -0.3 is 9.47 Å². The minimum absolute atomic E-state index is 0.0112. The topological polar surface area (TPSA) is 116 Å². The van der Waals surface area contributed by atoms with E-state index in [9.17, 15) is 24.5 Å². The lowest BCUT2D eigenvalue weighted by atomic mass is 10.1. The first-order valence-corrected chi connectivity index (χ1v) is 11.0. The van der Waals surface area contributed by atoms with Crippen LogP contribution in [0.3, 0.4) is 0 Å². The van der Waals surface area contributed by atoms with E-state index in [4.69, 9.17) is 9.47 Å². The molecule has 1 aliphatic rings. The number of para-hydroxylation sites is 1. The molecule has 0 bridgehead atoms. The maximum absolute atomic E-state index is 12.7. The summed E-state index contributed by atoms with van der Waals surface area (Å²) in [5.41, 5.74) is 1.30. The number of esters is 1. The molecule has 0 N–H and O–H groups in total. The first-order valence-electron chi connectivity index (χ1n) is 10.2. The zero-order valence-electron chi connectivity index (χ0n) is 18.1. The highest BCUT2D eigenvalue weighted by molar-refractivity contribution is 8.18. The number of nitro benzene ring substituents is 1. The van der Waals surface area contributed by atoms with Crippen molar-refractivity contribution in [3.63, 3.8) is 0 Å².